The van der Waals surface area contributed by atoms with E-state index in [0.29, 0.717) is 28.4 Å². The Morgan fingerprint density at radius 3 is 2.03 bits per heavy atom. The molecule has 0 N–H and O–H groups in total. The highest BCUT2D eigenvalue weighted by Gasteiger charge is 2.18. The van der Waals surface area contributed by atoms with Crippen LogP contribution in [0.5, 0.6) is 17.2 Å². The first-order valence-corrected chi connectivity index (χ1v) is 9.25. The number of carbonyl (C=O) groups is 2. The predicted octanol–water partition coefficient (Wildman–Crippen LogP) is 4.10. The van der Waals surface area contributed by atoms with Gasteiger partial charge in [-0.1, -0.05) is 31.2 Å². The normalized spacial score (nSPS) is 11.8. The fourth-order valence-corrected chi connectivity index (χ4v) is 2.77. The van der Waals surface area contributed by atoms with Crippen LogP contribution in [0.15, 0.2) is 42.5 Å². The highest BCUT2D eigenvalue weighted by molar-refractivity contribution is 6.01. The standard InChI is InChI=1S/C23H26O6/c1-6-16-7-10-18(11-8-16)22(25)15(2)29-21(24)12-9-17-13-19(26-3)23(28-5)20(14-17)27-4/h7-15H,6H2,1-5H3. The first-order chi connectivity index (χ1) is 13.9. The number of benzene rings is 2. The Labute approximate surface area is 171 Å². The van der Waals surface area contributed by atoms with Gasteiger partial charge in [-0.2, -0.15) is 0 Å². The largest absolute Gasteiger partial charge is 0.493 e. The summed E-state index contributed by atoms with van der Waals surface area (Å²) in [5, 5.41) is 0. The molecule has 0 aliphatic heterocycles. The first-order valence-electron chi connectivity index (χ1n) is 9.25. The Kier molecular flexibility index (Phi) is 7.83. The summed E-state index contributed by atoms with van der Waals surface area (Å²) in [7, 11) is 4.54. The smallest absolute Gasteiger partial charge is 0.331 e. The molecule has 6 nitrogen and oxygen atoms in total. The number of Topliss-reactive ketones (excluding diaryl/α,β-unsaturated/α-hetero) is 1. The van der Waals surface area contributed by atoms with Crippen LogP contribution >= 0.6 is 0 Å². The molecule has 0 radical (unpaired) electrons. The van der Waals surface area contributed by atoms with E-state index in [9.17, 15) is 9.59 Å². The number of aryl methyl sites for hydroxylation is 1. The molecule has 0 aromatic heterocycles. The van der Waals surface area contributed by atoms with Crippen LogP contribution in [0.3, 0.4) is 0 Å². The number of ketones is 1. The molecule has 0 amide bonds. The van der Waals surface area contributed by atoms with Gasteiger partial charge in [0.05, 0.1) is 21.3 Å². The number of hydrogen-bond donors (Lipinski definition) is 0. The van der Waals surface area contributed by atoms with Gasteiger partial charge in [0.1, 0.15) is 0 Å². The van der Waals surface area contributed by atoms with Crippen LogP contribution in [-0.4, -0.2) is 39.2 Å². The average molecular weight is 398 g/mol. The van der Waals surface area contributed by atoms with Gasteiger partial charge < -0.3 is 18.9 Å². The number of ether oxygens (including phenoxy) is 4. The van der Waals surface area contributed by atoms with Crippen LogP contribution in [0.2, 0.25) is 0 Å². The number of esters is 1. The monoisotopic (exact) mass is 398 g/mol. The molecule has 0 fully saturated rings. The van der Waals surface area contributed by atoms with E-state index >= 15 is 0 Å². The molecular weight excluding hydrogens is 372 g/mol. The van der Waals surface area contributed by atoms with Crippen LogP contribution in [0, 0.1) is 0 Å². The maximum Gasteiger partial charge on any atom is 0.331 e. The van der Waals surface area contributed by atoms with E-state index in [1.807, 2.05) is 19.1 Å². The van der Waals surface area contributed by atoms with E-state index in [4.69, 9.17) is 18.9 Å². The number of carbonyl (C=O) groups excluding carboxylic acids is 2. The van der Waals surface area contributed by atoms with Gasteiger partial charge in [0.25, 0.3) is 0 Å². The molecule has 1 atom stereocenters. The van der Waals surface area contributed by atoms with Gasteiger partial charge in [-0.15, -0.1) is 0 Å². The van der Waals surface area contributed by atoms with Crippen LogP contribution in [0.25, 0.3) is 6.08 Å². The lowest BCUT2D eigenvalue weighted by Gasteiger charge is -2.13. The third-order valence-electron chi connectivity index (χ3n) is 4.41. The Morgan fingerprint density at radius 1 is 0.966 bits per heavy atom. The summed E-state index contributed by atoms with van der Waals surface area (Å²) in [6, 6.07) is 10.7. The van der Waals surface area contributed by atoms with Crippen molar-refractivity contribution in [3.8, 4) is 17.2 Å². The lowest BCUT2D eigenvalue weighted by molar-refractivity contribution is -0.140. The summed E-state index contributed by atoms with van der Waals surface area (Å²) in [4.78, 5) is 24.6. The second kappa shape index (κ2) is 10.3. The van der Waals surface area contributed by atoms with Crippen molar-refractivity contribution in [3.63, 3.8) is 0 Å². The third kappa shape index (κ3) is 5.60. The second-order valence-corrected chi connectivity index (χ2v) is 6.29. The lowest BCUT2D eigenvalue weighted by atomic mass is 10.0. The van der Waals surface area contributed by atoms with Gasteiger partial charge in [0.15, 0.2) is 17.6 Å². The minimum absolute atomic E-state index is 0.248. The minimum Gasteiger partial charge on any atom is -0.493 e. The summed E-state index contributed by atoms with van der Waals surface area (Å²) >= 11 is 0. The zero-order valence-corrected chi connectivity index (χ0v) is 17.4. The van der Waals surface area contributed by atoms with Crippen molar-refractivity contribution >= 4 is 17.8 Å². The van der Waals surface area contributed by atoms with Gasteiger partial charge in [0.2, 0.25) is 11.5 Å². The highest BCUT2D eigenvalue weighted by atomic mass is 16.5. The van der Waals surface area contributed by atoms with Crippen molar-refractivity contribution in [1.29, 1.82) is 0 Å². The number of hydrogen-bond acceptors (Lipinski definition) is 6. The summed E-state index contributed by atoms with van der Waals surface area (Å²) in [5.41, 5.74) is 2.31. The number of rotatable bonds is 9. The lowest BCUT2D eigenvalue weighted by Crippen LogP contribution is -2.23. The van der Waals surface area contributed by atoms with Crippen LogP contribution < -0.4 is 14.2 Å². The topological polar surface area (TPSA) is 71.1 Å². The van der Waals surface area contributed by atoms with Gasteiger partial charge >= 0.3 is 5.97 Å². The van der Waals surface area contributed by atoms with Gasteiger partial charge in [-0.3, -0.25) is 4.79 Å². The van der Waals surface area contributed by atoms with E-state index in [-0.39, 0.29) is 5.78 Å². The highest BCUT2D eigenvalue weighted by Crippen LogP contribution is 2.38. The zero-order valence-electron chi connectivity index (χ0n) is 17.4. The molecule has 6 heteroatoms. The molecule has 1 unspecified atom stereocenters. The molecule has 0 aliphatic rings. The van der Waals surface area contributed by atoms with Crippen molar-refractivity contribution < 1.29 is 28.5 Å². The Morgan fingerprint density at radius 2 is 1.55 bits per heavy atom. The first kappa shape index (κ1) is 22.0. The Hall–Kier alpha value is -3.28. The van der Waals surface area contributed by atoms with Gasteiger partial charge in [-0.25, -0.2) is 4.79 Å². The van der Waals surface area contributed by atoms with Crippen LogP contribution in [0.1, 0.15) is 35.3 Å². The molecule has 0 heterocycles. The van der Waals surface area contributed by atoms with Crippen molar-refractivity contribution in [2.24, 2.45) is 0 Å². The fourth-order valence-electron chi connectivity index (χ4n) is 2.77. The summed E-state index contributed by atoms with van der Waals surface area (Å²) < 4.78 is 21.1. The number of methoxy groups -OCH3 is 3. The molecule has 0 bridgehead atoms. The molecular formula is C23H26O6. The quantitative estimate of drug-likeness (QED) is 0.360. The van der Waals surface area contributed by atoms with E-state index < -0.39 is 12.1 Å². The summed E-state index contributed by atoms with van der Waals surface area (Å²) in [6.07, 6.45) is 2.81. The van der Waals surface area contributed by atoms with Gasteiger partial charge in [0, 0.05) is 11.6 Å². The molecule has 0 aliphatic carbocycles. The van der Waals surface area contributed by atoms with Crippen LogP contribution in [-0.2, 0) is 16.0 Å². The molecule has 29 heavy (non-hydrogen) atoms. The second-order valence-electron chi connectivity index (χ2n) is 6.29. The SMILES string of the molecule is CCc1ccc(C(=O)C(C)OC(=O)C=Cc2cc(OC)c(OC)c(OC)c2)cc1. The molecule has 0 spiro atoms. The summed E-state index contributed by atoms with van der Waals surface area (Å²) in [6.45, 7) is 3.60. The van der Waals surface area contributed by atoms with E-state index in [2.05, 4.69) is 0 Å². The van der Waals surface area contributed by atoms with Gasteiger partial charge in [-0.05, 0) is 42.7 Å². The van der Waals surface area contributed by atoms with Crippen molar-refractivity contribution in [1.82, 2.24) is 0 Å². The molecule has 2 rings (SSSR count). The van der Waals surface area contributed by atoms with E-state index in [1.165, 1.54) is 27.4 Å². The van der Waals surface area contributed by atoms with E-state index in [0.717, 1.165) is 12.0 Å². The zero-order chi connectivity index (χ0) is 21.4. The maximum atomic E-state index is 12.4. The van der Waals surface area contributed by atoms with Crippen LogP contribution in [0.4, 0.5) is 0 Å². The maximum absolute atomic E-state index is 12.4. The minimum atomic E-state index is -0.889. The molecule has 0 saturated heterocycles. The fraction of sp³-hybridized carbons (Fsp3) is 0.304. The third-order valence-corrected chi connectivity index (χ3v) is 4.41. The van der Waals surface area contributed by atoms with E-state index in [1.54, 1.807) is 37.3 Å². The molecule has 2 aromatic carbocycles. The molecule has 0 saturated carbocycles. The average Bonchev–Trinajstić information content (AvgIpc) is 2.76. The predicted molar refractivity (Wildman–Crippen MR) is 111 cm³/mol. The van der Waals surface area contributed by atoms with Crippen molar-refractivity contribution in [2.45, 2.75) is 26.4 Å². The van der Waals surface area contributed by atoms with Crippen molar-refractivity contribution in [3.05, 3.63) is 59.2 Å². The Bertz CT molecular complexity index is 858. The Balaban J connectivity index is 2.07. The molecule has 2 aromatic rings. The summed E-state index contributed by atoms with van der Waals surface area (Å²) in [5.74, 6) is 0.535. The van der Waals surface area contributed by atoms with Crippen molar-refractivity contribution in [2.75, 3.05) is 21.3 Å². The molecule has 154 valence electrons.